The number of esters is 1. The molecule has 9 heteroatoms. The lowest BCUT2D eigenvalue weighted by Gasteiger charge is -2.32. The highest BCUT2D eigenvalue weighted by molar-refractivity contribution is 7.88. The standard InChI is InChI=1S/C18H26N2O5S2/c1-11-7-8-12-14(10-11)26-17(15(12)18(22)25-2)19-16(21)13-6-4-5-9-20(13)27(3,23)24/h11,13H,4-10H2,1-3H3,(H,19,21)/t11-,13-/m0/s1. The third-order valence-corrected chi connectivity index (χ3v) is 7.78. The molecular formula is C18H26N2O5S2. The average molecular weight is 415 g/mol. The third kappa shape index (κ3) is 4.20. The van der Waals surface area contributed by atoms with E-state index in [9.17, 15) is 18.0 Å². The van der Waals surface area contributed by atoms with Gasteiger partial charge in [0.1, 0.15) is 11.0 Å². The predicted octanol–water partition coefficient (Wildman–Crippen LogP) is 2.41. The van der Waals surface area contributed by atoms with Gasteiger partial charge < -0.3 is 10.1 Å². The number of thiophene rings is 1. The van der Waals surface area contributed by atoms with Crippen LogP contribution in [-0.4, -0.2) is 50.6 Å². The number of ether oxygens (including phenoxy) is 1. The van der Waals surface area contributed by atoms with Crippen molar-refractivity contribution in [2.75, 3.05) is 25.2 Å². The van der Waals surface area contributed by atoms with E-state index in [-0.39, 0.29) is 5.91 Å². The zero-order valence-corrected chi connectivity index (χ0v) is 17.5. The van der Waals surface area contributed by atoms with Crippen LogP contribution in [0.2, 0.25) is 0 Å². The SMILES string of the molecule is COC(=O)c1c(NC(=O)[C@@H]2CCCCN2S(C)(=O)=O)sc2c1CC[C@H](C)C2. The molecule has 1 aromatic rings. The van der Waals surface area contributed by atoms with Crippen molar-refractivity contribution >= 4 is 38.2 Å². The first-order valence-electron chi connectivity index (χ1n) is 9.23. The number of carbonyl (C=O) groups is 2. The summed E-state index contributed by atoms with van der Waals surface area (Å²) in [5.41, 5.74) is 1.39. The molecule has 3 rings (SSSR count). The summed E-state index contributed by atoms with van der Waals surface area (Å²) in [7, 11) is -2.14. The minimum absolute atomic E-state index is 0.346. The fourth-order valence-electron chi connectivity index (χ4n) is 3.92. The number of anilines is 1. The molecule has 1 N–H and O–H groups in total. The van der Waals surface area contributed by atoms with Crippen molar-refractivity contribution in [3.63, 3.8) is 0 Å². The first-order valence-corrected chi connectivity index (χ1v) is 11.9. The summed E-state index contributed by atoms with van der Waals surface area (Å²) in [6, 6.07) is -0.739. The highest BCUT2D eigenvalue weighted by Gasteiger charge is 2.36. The first kappa shape index (κ1) is 20.3. The topological polar surface area (TPSA) is 92.8 Å². The van der Waals surface area contributed by atoms with Gasteiger partial charge >= 0.3 is 5.97 Å². The van der Waals surface area contributed by atoms with Crippen molar-refractivity contribution in [3.8, 4) is 0 Å². The smallest absolute Gasteiger partial charge is 0.341 e. The van der Waals surface area contributed by atoms with E-state index < -0.39 is 22.0 Å². The van der Waals surface area contributed by atoms with Gasteiger partial charge in [0.05, 0.1) is 18.9 Å². The Balaban J connectivity index is 1.90. The summed E-state index contributed by atoms with van der Waals surface area (Å²) in [4.78, 5) is 26.4. The van der Waals surface area contributed by atoms with Gasteiger partial charge in [-0.1, -0.05) is 13.3 Å². The monoisotopic (exact) mass is 414 g/mol. The van der Waals surface area contributed by atoms with Crippen LogP contribution in [-0.2, 0) is 32.4 Å². The van der Waals surface area contributed by atoms with Crippen molar-refractivity contribution < 1.29 is 22.7 Å². The summed E-state index contributed by atoms with van der Waals surface area (Å²) in [5, 5.41) is 3.32. The molecule has 0 radical (unpaired) electrons. The van der Waals surface area contributed by atoms with Crippen LogP contribution >= 0.6 is 11.3 Å². The maximum absolute atomic E-state index is 12.9. The molecule has 2 atom stereocenters. The molecule has 7 nitrogen and oxygen atoms in total. The Morgan fingerprint density at radius 1 is 1.26 bits per heavy atom. The fourth-order valence-corrected chi connectivity index (χ4v) is 6.44. The number of nitrogens with one attached hydrogen (secondary N) is 1. The highest BCUT2D eigenvalue weighted by Crippen LogP contribution is 2.40. The lowest BCUT2D eigenvalue weighted by atomic mass is 9.88. The van der Waals surface area contributed by atoms with E-state index in [1.54, 1.807) is 0 Å². The molecule has 1 aromatic heterocycles. The minimum Gasteiger partial charge on any atom is -0.465 e. The van der Waals surface area contributed by atoms with E-state index >= 15 is 0 Å². The molecule has 0 unspecified atom stereocenters. The van der Waals surface area contributed by atoms with Crippen molar-refractivity contribution in [1.82, 2.24) is 4.31 Å². The second-order valence-electron chi connectivity index (χ2n) is 7.42. The largest absolute Gasteiger partial charge is 0.465 e. The second kappa shape index (κ2) is 7.89. The van der Waals surface area contributed by atoms with Crippen LogP contribution in [0.25, 0.3) is 0 Å². The molecule has 0 aromatic carbocycles. The number of nitrogens with zero attached hydrogens (tertiary/aromatic N) is 1. The first-order chi connectivity index (χ1) is 12.7. The molecule has 1 aliphatic heterocycles. The van der Waals surface area contributed by atoms with E-state index in [4.69, 9.17) is 4.74 Å². The van der Waals surface area contributed by atoms with Crippen molar-refractivity contribution in [2.24, 2.45) is 5.92 Å². The molecular weight excluding hydrogens is 388 g/mol. The molecule has 1 fully saturated rings. The van der Waals surface area contributed by atoms with E-state index in [0.29, 0.717) is 29.4 Å². The van der Waals surface area contributed by atoms with Crippen molar-refractivity contribution in [1.29, 1.82) is 0 Å². The fraction of sp³-hybridized carbons (Fsp3) is 0.667. The average Bonchev–Trinajstić information content (AvgIpc) is 2.97. The number of sulfonamides is 1. The van der Waals surface area contributed by atoms with Crippen LogP contribution in [0.5, 0.6) is 0 Å². The van der Waals surface area contributed by atoms with Gasteiger partial charge in [-0.3, -0.25) is 4.79 Å². The van der Waals surface area contributed by atoms with Crippen LogP contribution in [0.3, 0.4) is 0 Å². The minimum atomic E-state index is -3.47. The number of amides is 1. The Kier molecular flexibility index (Phi) is 5.93. The summed E-state index contributed by atoms with van der Waals surface area (Å²) >= 11 is 1.41. The summed E-state index contributed by atoms with van der Waals surface area (Å²) in [5.74, 6) is -0.304. The zero-order chi connectivity index (χ0) is 19.8. The number of methoxy groups -OCH3 is 1. The molecule has 2 heterocycles. The Morgan fingerprint density at radius 3 is 2.67 bits per heavy atom. The Morgan fingerprint density at radius 2 is 2.00 bits per heavy atom. The van der Waals surface area contributed by atoms with Crippen LogP contribution < -0.4 is 5.32 Å². The van der Waals surface area contributed by atoms with Crippen LogP contribution in [0.4, 0.5) is 5.00 Å². The lowest BCUT2D eigenvalue weighted by molar-refractivity contribution is -0.120. The van der Waals surface area contributed by atoms with Crippen LogP contribution in [0.1, 0.15) is 53.4 Å². The van der Waals surface area contributed by atoms with Gasteiger partial charge in [-0.05, 0) is 43.6 Å². The molecule has 150 valence electrons. The molecule has 1 amide bonds. The molecule has 0 spiro atoms. The number of hydrogen-bond donors (Lipinski definition) is 1. The van der Waals surface area contributed by atoms with Gasteiger partial charge in [0.15, 0.2) is 0 Å². The highest BCUT2D eigenvalue weighted by atomic mass is 32.2. The van der Waals surface area contributed by atoms with Crippen LogP contribution in [0, 0.1) is 5.92 Å². The van der Waals surface area contributed by atoms with Crippen molar-refractivity contribution in [3.05, 3.63) is 16.0 Å². The van der Waals surface area contributed by atoms with Gasteiger partial charge in [-0.2, -0.15) is 4.31 Å². The quantitative estimate of drug-likeness (QED) is 0.764. The molecule has 2 aliphatic rings. The molecule has 1 saturated heterocycles. The molecule has 1 aliphatic carbocycles. The molecule has 0 saturated carbocycles. The summed E-state index contributed by atoms with van der Waals surface area (Å²) in [6.07, 6.45) is 5.80. The van der Waals surface area contributed by atoms with E-state index in [1.807, 2.05) is 0 Å². The van der Waals surface area contributed by atoms with E-state index in [2.05, 4.69) is 12.2 Å². The van der Waals surface area contributed by atoms with E-state index in [1.165, 1.54) is 22.8 Å². The van der Waals surface area contributed by atoms with Crippen LogP contribution in [0.15, 0.2) is 0 Å². The predicted molar refractivity (Wildman–Crippen MR) is 105 cm³/mol. The number of fused-ring (bicyclic) bond motifs is 1. The van der Waals surface area contributed by atoms with Gasteiger partial charge in [-0.25, -0.2) is 13.2 Å². The number of rotatable bonds is 4. The van der Waals surface area contributed by atoms with E-state index in [0.717, 1.165) is 48.8 Å². The lowest BCUT2D eigenvalue weighted by Crippen LogP contribution is -2.49. The number of hydrogen-bond acceptors (Lipinski definition) is 6. The maximum Gasteiger partial charge on any atom is 0.341 e. The zero-order valence-electron chi connectivity index (χ0n) is 15.9. The van der Waals surface area contributed by atoms with Gasteiger partial charge in [-0.15, -0.1) is 11.3 Å². The second-order valence-corrected chi connectivity index (χ2v) is 10.5. The molecule has 27 heavy (non-hydrogen) atoms. The summed E-state index contributed by atoms with van der Waals surface area (Å²) in [6.45, 7) is 2.52. The Bertz CT molecular complexity index is 846. The Hall–Kier alpha value is -1.45. The number of piperidine rings is 1. The van der Waals surface area contributed by atoms with Gasteiger partial charge in [0, 0.05) is 11.4 Å². The summed E-state index contributed by atoms with van der Waals surface area (Å²) < 4.78 is 30.3. The maximum atomic E-state index is 12.9. The van der Waals surface area contributed by atoms with Crippen molar-refractivity contribution in [2.45, 2.75) is 51.5 Å². The van der Waals surface area contributed by atoms with Gasteiger partial charge in [0.25, 0.3) is 0 Å². The number of carbonyl (C=O) groups excluding carboxylic acids is 2. The third-order valence-electron chi connectivity index (χ3n) is 5.32. The Labute approximate surface area is 164 Å². The normalized spacial score (nSPS) is 23.5. The molecule has 0 bridgehead atoms. The van der Waals surface area contributed by atoms with Gasteiger partial charge in [0.2, 0.25) is 15.9 Å².